The van der Waals surface area contributed by atoms with Gasteiger partial charge in [0.15, 0.2) is 0 Å². The molecule has 0 radical (unpaired) electrons. The van der Waals surface area contributed by atoms with Crippen molar-refractivity contribution >= 4 is 29.4 Å². The van der Waals surface area contributed by atoms with Gasteiger partial charge in [0.2, 0.25) is 5.91 Å². The van der Waals surface area contributed by atoms with E-state index >= 15 is 0 Å². The van der Waals surface area contributed by atoms with E-state index in [0.717, 1.165) is 43.4 Å². The van der Waals surface area contributed by atoms with Crippen LogP contribution in [0.2, 0.25) is 0 Å². The van der Waals surface area contributed by atoms with Gasteiger partial charge in [-0.1, -0.05) is 56.4 Å². The van der Waals surface area contributed by atoms with Gasteiger partial charge >= 0.3 is 5.97 Å². The zero-order valence-corrected chi connectivity index (χ0v) is 26.3. The second-order valence-corrected chi connectivity index (χ2v) is 11.7. The number of hydrogen-bond acceptors (Lipinski definition) is 6. The molecule has 3 aromatic rings. The van der Waals surface area contributed by atoms with Crippen molar-refractivity contribution < 1.29 is 29.0 Å². The third kappa shape index (κ3) is 11.0. The highest BCUT2D eigenvalue weighted by molar-refractivity contribution is 6.01. The molecule has 3 aromatic carbocycles. The number of ether oxygens (including phenoxy) is 1. The molecule has 1 atom stereocenters. The summed E-state index contributed by atoms with van der Waals surface area (Å²) in [5.74, 6) is -0.718. The number of carboxylic acids is 1. The summed E-state index contributed by atoms with van der Waals surface area (Å²) in [7, 11) is 1.85. The minimum atomic E-state index is -0.859. The standard InChI is InChI=1S/C36H44N4O6/c1-37-20-21-46-31-17-13-28(14-18-31)34(43)38-24-27-8-5-9-29(22-27)35(44)40-32(23-26-6-3-2-4-7-26)36(45)39-30-15-10-25(11-16-30)12-19-33(41)42/h5,8-11,13-18,22,26,32,37H,2-4,6-7,12,19-21,23-24H2,1H3,(H,38,43)(H,39,45)(H,40,44)(H,41,42)/t32-/m0/s1. The molecule has 0 saturated heterocycles. The summed E-state index contributed by atoms with van der Waals surface area (Å²) in [6.45, 7) is 1.49. The van der Waals surface area contributed by atoms with Crippen molar-refractivity contribution in [3.05, 3.63) is 95.1 Å². The number of carbonyl (C=O) groups excluding carboxylic acids is 3. The van der Waals surface area contributed by atoms with Crippen LogP contribution >= 0.6 is 0 Å². The zero-order valence-electron chi connectivity index (χ0n) is 26.3. The predicted molar refractivity (Wildman–Crippen MR) is 177 cm³/mol. The average molecular weight is 629 g/mol. The van der Waals surface area contributed by atoms with E-state index in [9.17, 15) is 19.2 Å². The molecule has 4 rings (SSSR count). The van der Waals surface area contributed by atoms with Crippen LogP contribution in [0.3, 0.4) is 0 Å². The molecule has 5 N–H and O–H groups in total. The Kier molecular flexibility index (Phi) is 13.2. The predicted octanol–water partition coefficient (Wildman–Crippen LogP) is 4.94. The van der Waals surface area contributed by atoms with Gasteiger partial charge in [0.25, 0.3) is 11.8 Å². The van der Waals surface area contributed by atoms with E-state index < -0.39 is 12.0 Å². The van der Waals surface area contributed by atoms with Gasteiger partial charge in [-0.05, 0) is 85.5 Å². The Hall–Kier alpha value is -4.70. The third-order valence-corrected chi connectivity index (χ3v) is 8.14. The Labute approximate surface area is 270 Å². The maximum Gasteiger partial charge on any atom is 0.303 e. The van der Waals surface area contributed by atoms with E-state index in [1.54, 1.807) is 66.7 Å². The van der Waals surface area contributed by atoms with Crippen LogP contribution in [0.4, 0.5) is 5.69 Å². The highest BCUT2D eigenvalue weighted by atomic mass is 16.5. The van der Waals surface area contributed by atoms with Crippen molar-refractivity contribution in [3.63, 3.8) is 0 Å². The molecule has 1 fully saturated rings. The molecule has 244 valence electrons. The van der Waals surface area contributed by atoms with E-state index in [4.69, 9.17) is 9.84 Å². The molecule has 0 aliphatic heterocycles. The summed E-state index contributed by atoms with van der Waals surface area (Å²) >= 11 is 0. The van der Waals surface area contributed by atoms with E-state index in [1.165, 1.54) is 6.42 Å². The second kappa shape index (κ2) is 17.7. The topological polar surface area (TPSA) is 146 Å². The van der Waals surface area contributed by atoms with Crippen molar-refractivity contribution in [3.8, 4) is 5.75 Å². The summed E-state index contributed by atoms with van der Waals surface area (Å²) in [4.78, 5) is 50.5. The number of amides is 3. The SMILES string of the molecule is CNCCOc1ccc(C(=O)NCc2cccc(C(=O)N[C@@H](CC3CCCCC3)C(=O)Nc3ccc(CCC(=O)O)cc3)c2)cc1. The molecule has 0 spiro atoms. The molecule has 1 aliphatic carbocycles. The number of carbonyl (C=O) groups is 4. The largest absolute Gasteiger partial charge is 0.492 e. The maximum atomic E-state index is 13.5. The number of aryl methyl sites for hydroxylation is 1. The molecule has 3 amide bonds. The van der Waals surface area contributed by atoms with Crippen molar-refractivity contribution in [1.82, 2.24) is 16.0 Å². The minimum Gasteiger partial charge on any atom is -0.492 e. The first-order valence-electron chi connectivity index (χ1n) is 16.0. The van der Waals surface area contributed by atoms with Crippen LogP contribution in [-0.4, -0.2) is 55.0 Å². The molecular formula is C36H44N4O6. The Morgan fingerprint density at radius 2 is 1.61 bits per heavy atom. The highest BCUT2D eigenvalue weighted by Crippen LogP contribution is 2.28. The van der Waals surface area contributed by atoms with Gasteiger partial charge in [0.05, 0.1) is 0 Å². The Morgan fingerprint density at radius 1 is 0.870 bits per heavy atom. The highest BCUT2D eigenvalue weighted by Gasteiger charge is 2.26. The van der Waals surface area contributed by atoms with Crippen LogP contribution < -0.4 is 26.0 Å². The molecule has 1 aliphatic rings. The molecule has 10 heteroatoms. The Balaban J connectivity index is 1.36. The van der Waals surface area contributed by atoms with Crippen molar-refractivity contribution in [2.24, 2.45) is 5.92 Å². The van der Waals surface area contributed by atoms with Crippen molar-refractivity contribution in [2.45, 2.75) is 64.0 Å². The van der Waals surface area contributed by atoms with Gasteiger partial charge in [0.1, 0.15) is 18.4 Å². The van der Waals surface area contributed by atoms with E-state index in [1.807, 2.05) is 13.1 Å². The average Bonchev–Trinajstić information content (AvgIpc) is 3.07. The van der Waals surface area contributed by atoms with Gasteiger partial charge in [0, 0.05) is 36.3 Å². The minimum absolute atomic E-state index is 0.0377. The van der Waals surface area contributed by atoms with E-state index in [2.05, 4.69) is 21.3 Å². The number of carboxylic acid groups (broad SMARTS) is 1. The summed E-state index contributed by atoms with van der Waals surface area (Å²) < 4.78 is 5.61. The van der Waals surface area contributed by atoms with Gasteiger partial charge in [-0.2, -0.15) is 0 Å². The summed E-state index contributed by atoms with van der Waals surface area (Å²) in [6.07, 6.45) is 6.47. The second-order valence-electron chi connectivity index (χ2n) is 11.7. The number of aliphatic carboxylic acids is 1. The molecule has 46 heavy (non-hydrogen) atoms. The fourth-order valence-corrected chi connectivity index (χ4v) is 5.55. The summed E-state index contributed by atoms with van der Waals surface area (Å²) in [6, 6.07) is 20.3. The van der Waals surface area contributed by atoms with E-state index in [0.29, 0.717) is 47.9 Å². The maximum absolute atomic E-state index is 13.5. The molecule has 0 bridgehead atoms. The lowest BCUT2D eigenvalue weighted by molar-refractivity contribution is -0.137. The molecule has 10 nitrogen and oxygen atoms in total. The number of nitrogens with one attached hydrogen (secondary N) is 4. The fourth-order valence-electron chi connectivity index (χ4n) is 5.55. The van der Waals surface area contributed by atoms with Crippen LogP contribution in [0.1, 0.15) is 76.8 Å². The van der Waals surface area contributed by atoms with Crippen LogP contribution in [0.25, 0.3) is 0 Å². The summed E-state index contributed by atoms with van der Waals surface area (Å²) in [5, 5.41) is 20.7. The van der Waals surface area contributed by atoms with Crippen LogP contribution in [0, 0.1) is 5.92 Å². The molecule has 0 aromatic heterocycles. The van der Waals surface area contributed by atoms with Crippen LogP contribution in [-0.2, 0) is 22.6 Å². The van der Waals surface area contributed by atoms with Gasteiger partial charge in [-0.15, -0.1) is 0 Å². The molecule has 0 heterocycles. The monoisotopic (exact) mass is 628 g/mol. The van der Waals surface area contributed by atoms with Gasteiger partial charge in [-0.25, -0.2) is 0 Å². The van der Waals surface area contributed by atoms with Crippen LogP contribution in [0.5, 0.6) is 5.75 Å². The van der Waals surface area contributed by atoms with Crippen molar-refractivity contribution in [2.75, 3.05) is 25.5 Å². The first kappa shape index (κ1) is 34.2. The van der Waals surface area contributed by atoms with Crippen molar-refractivity contribution in [1.29, 1.82) is 0 Å². The molecule has 1 saturated carbocycles. The lowest BCUT2D eigenvalue weighted by Crippen LogP contribution is -2.45. The third-order valence-electron chi connectivity index (χ3n) is 8.14. The first-order valence-corrected chi connectivity index (χ1v) is 16.0. The first-order chi connectivity index (χ1) is 22.3. The molecule has 0 unspecified atom stereocenters. The number of anilines is 1. The fraction of sp³-hybridized carbons (Fsp3) is 0.389. The zero-order chi connectivity index (χ0) is 32.7. The number of rotatable bonds is 16. The summed E-state index contributed by atoms with van der Waals surface area (Å²) in [5.41, 5.74) is 3.11. The lowest BCUT2D eigenvalue weighted by atomic mass is 9.84. The Bertz CT molecular complexity index is 1450. The quantitative estimate of drug-likeness (QED) is 0.141. The lowest BCUT2D eigenvalue weighted by Gasteiger charge is -2.26. The molecular weight excluding hydrogens is 584 g/mol. The van der Waals surface area contributed by atoms with E-state index in [-0.39, 0.29) is 30.7 Å². The number of hydrogen-bond donors (Lipinski definition) is 5. The smallest absolute Gasteiger partial charge is 0.303 e. The van der Waals surface area contributed by atoms with Crippen LogP contribution in [0.15, 0.2) is 72.8 Å². The number of likely N-dealkylation sites (N-methyl/N-ethyl adjacent to an activating group) is 1. The van der Waals surface area contributed by atoms with Gasteiger partial charge in [-0.3, -0.25) is 19.2 Å². The Morgan fingerprint density at radius 3 is 2.30 bits per heavy atom. The number of benzene rings is 3. The van der Waals surface area contributed by atoms with Gasteiger partial charge < -0.3 is 31.1 Å². The normalized spacial score (nSPS) is 13.8.